The first kappa shape index (κ1) is 9.18. The Morgan fingerprint density at radius 1 is 1.35 bits per heavy atom. The fraction of sp³-hybridized carbons (Fsp3) is 0.333. The second kappa shape index (κ2) is 3.07. The van der Waals surface area contributed by atoms with Crippen LogP contribution in [0.1, 0.15) is 18.9 Å². The standard InChI is InChI=1S/C12H13N5/c13-7-3-8(4-7)17-6-16-10-5-15-12-9(11(10)17)1-2-14-12/h1-2,5-8H,3-4,13H2,(H,14,15)/t7-,8+. The summed E-state index contributed by atoms with van der Waals surface area (Å²) in [6, 6.07) is 2.90. The summed E-state index contributed by atoms with van der Waals surface area (Å²) in [7, 11) is 0. The smallest absolute Gasteiger partial charge is 0.139 e. The molecule has 0 amide bonds. The molecule has 17 heavy (non-hydrogen) atoms. The molecule has 1 fully saturated rings. The first-order valence-electron chi connectivity index (χ1n) is 5.87. The van der Waals surface area contributed by atoms with Crippen LogP contribution in [-0.4, -0.2) is 25.6 Å². The number of nitrogens with zero attached hydrogens (tertiary/aromatic N) is 3. The Morgan fingerprint density at radius 2 is 2.24 bits per heavy atom. The number of pyridine rings is 1. The highest BCUT2D eigenvalue weighted by atomic mass is 15.1. The monoisotopic (exact) mass is 227 g/mol. The van der Waals surface area contributed by atoms with Crippen molar-refractivity contribution < 1.29 is 0 Å². The van der Waals surface area contributed by atoms with Crippen molar-refractivity contribution in [2.24, 2.45) is 5.73 Å². The molecule has 0 saturated heterocycles. The fourth-order valence-corrected chi connectivity index (χ4v) is 2.67. The van der Waals surface area contributed by atoms with Crippen LogP contribution >= 0.6 is 0 Å². The lowest BCUT2D eigenvalue weighted by atomic mass is 9.87. The fourth-order valence-electron chi connectivity index (χ4n) is 2.67. The van der Waals surface area contributed by atoms with E-state index in [1.807, 2.05) is 18.7 Å². The lowest BCUT2D eigenvalue weighted by molar-refractivity contribution is 0.272. The molecule has 3 N–H and O–H groups in total. The number of aromatic nitrogens is 4. The van der Waals surface area contributed by atoms with E-state index >= 15 is 0 Å². The summed E-state index contributed by atoms with van der Waals surface area (Å²) in [5, 5.41) is 1.14. The molecule has 4 rings (SSSR count). The number of hydrogen-bond donors (Lipinski definition) is 2. The summed E-state index contributed by atoms with van der Waals surface area (Å²) in [5.41, 5.74) is 8.91. The zero-order valence-electron chi connectivity index (χ0n) is 9.30. The van der Waals surface area contributed by atoms with Crippen molar-refractivity contribution in [3.63, 3.8) is 0 Å². The summed E-state index contributed by atoms with van der Waals surface area (Å²) in [6.07, 6.45) is 7.74. The van der Waals surface area contributed by atoms with Gasteiger partial charge in [0.25, 0.3) is 0 Å². The topological polar surface area (TPSA) is 72.5 Å². The third-order valence-electron chi connectivity index (χ3n) is 3.66. The second-order valence-electron chi connectivity index (χ2n) is 4.77. The average molecular weight is 227 g/mol. The molecular weight excluding hydrogens is 214 g/mol. The van der Waals surface area contributed by atoms with E-state index in [0.717, 1.165) is 29.4 Å². The molecule has 3 aromatic rings. The Labute approximate surface area is 97.7 Å². The van der Waals surface area contributed by atoms with E-state index < -0.39 is 0 Å². The number of H-pyrrole nitrogens is 1. The number of nitrogens with one attached hydrogen (secondary N) is 1. The quantitative estimate of drug-likeness (QED) is 0.662. The zero-order chi connectivity index (χ0) is 11.4. The van der Waals surface area contributed by atoms with Gasteiger partial charge in [-0.15, -0.1) is 0 Å². The minimum absolute atomic E-state index is 0.348. The SMILES string of the molecule is N[C@H]1C[C@@H](n2cnc3cnc4[nH]ccc4c32)C1. The number of imidazole rings is 1. The van der Waals surface area contributed by atoms with Gasteiger partial charge in [-0.3, -0.25) is 0 Å². The highest BCUT2D eigenvalue weighted by Gasteiger charge is 2.28. The normalized spacial score (nSPS) is 24.3. The third-order valence-corrected chi connectivity index (χ3v) is 3.66. The van der Waals surface area contributed by atoms with Crippen molar-refractivity contribution in [2.45, 2.75) is 24.9 Å². The van der Waals surface area contributed by atoms with Gasteiger partial charge in [0.15, 0.2) is 0 Å². The molecule has 0 unspecified atom stereocenters. The van der Waals surface area contributed by atoms with Crippen LogP contribution in [-0.2, 0) is 0 Å². The highest BCUT2D eigenvalue weighted by Crippen LogP contribution is 2.34. The number of rotatable bonds is 1. The molecule has 3 aromatic heterocycles. The van der Waals surface area contributed by atoms with Crippen LogP contribution in [0.4, 0.5) is 0 Å². The van der Waals surface area contributed by atoms with Crippen LogP contribution in [0, 0.1) is 0 Å². The molecule has 0 radical (unpaired) electrons. The van der Waals surface area contributed by atoms with Crippen LogP contribution in [0.2, 0.25) is 0 Å². The van der Waals surface area contributed by atoms with Crippen LogP contribution in [0.3, 0.4) is 0 Å². The van der Waals surface area contributed by atoms with Gasteiger partial charge < -0.3 is 15.3 Å². The molecule has 86 valence electrons. The molecule has 1 aliphatic carbocycles. The maximum atomic E-state index is 5.86. The molecule has 5 nitrogen and oxygen atoms in total. The first-order valence-corrected chi connectivity index (χ1v) is 5.87. The molecule has 5 heteroatoms. The minimum Gasteiger partial charge on any atom is -0.346 e. The molecule has 3 heterocycles. The number of hydrogen-bond acceptors (Lipinski definition) is 3. The first-order chi connectivity index (χ1) is 8.33. The Bertz CT molecular complexity index is 689. The zero-order valence-corrected chi connectivity index (χ0v) is 9.30. The lowest BCUT2D eigenvalue weighted by Gasteiger charge is -2.33. The van der Waals surface area contributed by atoms with E-state index in [9.17, 15) is 0 Å². The van der Waals surface area contributed by atoms with Gasteiger partial charge in [0, 0.05) is 23.7 Å². The van der Waals surface area contributed by atoms with Crippen molar-refractivity contribution in [3.8, 4) is 0 Å². The van der Waals surface area contributed by atoms with Crippen molar-refractivity contribution in [2.75, 3.05) is 0 Å². The van der Waals surface area contributed by atoms with Crippen molar-refractivity contribution in [1.29, 1.82) is 0 Å². The van der Waals surface area contributed by atoms with Crippen molar-refractivity contribution in [3.05, 3.63) is 24.8 Å². The number of aromatic amines is 1. The molecular formula is C12H13N5. The van der Waals surface area contributed by atoms with Gasteiger partial charge in [-0.2, -0.15) is 0 Å². The largest absolute Gasteiger partial charge is 0.346 e. The van der Waals surface area contributed by atoms with Crippen LogP contribution in [0.15, 0.2) is 24.8 Å². The molecule has 0 atom stereocenters. The highest BCUT2D eigenvalue weighted by molar-refractivity contribution is 6.00. The summed E-state index contributed by atoms with van der Waals surface area (Å²) >= 11 is 0. The maximum Gasteiger partial charge on any atom is 0.139 e. The Balaban J connectivity index is 1.99. The lowest BCUT2D eigenvalue weighted by Crippen LogP contribution is -2.37. The van der Waals surface area contributed by atoms with E-state index in [1.165, 1.54) is 5.52 Å². The van der Waals surface area contributed by atoms with Crippen LogP contribution < -0.4 is 5.73 Å². The molecule has 0 bridgehead atoms. The van der Waals surface area contributed by atoms with Gasteiger partial charge in [-0.05, 0) is 18.9 Å². The average Bonchev–Trinajstić information content (AvgIpc) is 2.90. The molecule has 0 aliphatic heterocycles. The summed E-state index contributed by atoms with van der Waals surface area (Å²) < 4.78 is 2.25. The molecule has 1 aliphatic rings. The summed E-state index contributed by atoms with van der Waals surface area (Å²) in [5.74, 6) is 0. The second-order valence-corrected chi connectivity index (χ2v) is 4.77. The summed E-state index contributed by atoms with van der Waals surface area (Å²) in [6.45, 7) is 0. The van der Waals surface area contributed by atoms with E-state index in [4.69, 9.17) is 5.73 Å². The van der Waals surface area contributed by atoms with Crippen LogP contribution in [0.5, 0.6) is 0 Å². The Morgan fingerprint density at radius 3 is 3.06 bits per heavy atom. The Hall–Kier alpha value is -1.88. The van der Waals surface area contributed by atoms with Gasteiger partial charge in [-0.25, -0.2) is 9.97 Å². The minimum atomic E-state index is 0.348. The maximum absolute atomic E-state index is 5.86. The summed E-state index contributed by atoms with van der Waals surface area (Å²) in [4.78, 5) is 11.9. The van der Waals surface area contributed by atoms with E-state index in [2.05, 4.69) is 25.6 Å². The number of fused-ring (bicyclic) bond motifs is 3. The van der Waals surface area contributed by atoms with Gasteiger partial charge in [0.2, 0.25) is 0 Å². The van der Waals surface area contributed by atoms with Crippen molar-refractivity contribution in [1.82, 2.24) is 19.5 Å². The third kappa shape index (κ3) is 1.17. The van der Waals surface area contributed by atoms with E-state index in [1.54, 1.807) is 0 Å². The van der Waals surface area contributed by atoms with Crippen LogP contribution in [0.25, 0.3) is 22.1 Å². The van der Waals surface area contributed by atoms with Crippen molar-refractivity contribution >= 4 is 22.1 Å². The van der Waals surface area contributed by atoms with Gasteiger partial charge in [0.05, 0.1) is 18.0 Å². The molecule has 1 saturated carbocycles. The van der Waals surface area contributed by atoms with Gasteiger partial charge in [-0.1, -0.05) is 0 Å². The van der Waals surface area contributed by atoms with Gasteiger partial charge >= 0.3 is 0 Å². The van der Waals surface area contributed by atoms with E-state index in [-0.39, 0.29) is 0 Å². The number of nitrogens with two attached hydrogens (primary N) is 1. The Kier molecular flexibility index (Phi) is 1.66. The molecule has 0 spiro atoms. The molecule has 0 aromatic carbocycles. The predicted octanol–water partition coefficient (Wildman–Crippen LogP) is 1.57. The predicted molar refractivity (Wildman–Crippen MR) is 65.6 cm³/mol. The van der Waals surface area contributed by atoms with Gasteiger partial charge in [0.1, 0.15) is 11.2 Å². The van der Waals surface area contributed by atoms with E-state index in [0.29, 0.717) is 12.1 Å².